The van der Waals surface area contributed by atoms with E-state index in [2.05, 4.69) is 15.2 Å². The number of hydrogen-bond donors (Lipinski definition) is 4. The number of nitro groups is 1. The van der Waals surface area contributed by atoms with Gasteiger partial charge in [-0.05, 0) is 92.8 Å². The Hall–Kier alpha value is -3.54. The van der Waals surface area contributed by atoms with Gasteiger partial charge >= 0.3 is 5.97 Å². The van der Waals surface area contributed by atoms with Crippen molar-refractivity contribution in [1.82, 2.24) is 19.9 Å². The van der Waals surface area contributed by atoms with Crippen LogP contribution in [0.25, 0.3) is 0 Å². The fourth-order valence-electron chi connectivity index (χ4n) is 10.6. The van der Waals surface area contributed by atoms with Crippen molar-refractivity contribution in [2.24, 2.45) is 23.7 Å². The number of Topliss-reactive ketones (excluding diaryl/α,β-unsaturated/α-hetero) is 1. The number of nitro benzene ring substituents is 1. The van der Waals surface area contributed by atoms with Crippen LogP contribution in [0.15, 0.2) is 30.5 Å². The second kappa shape index (κ2) is 23.3. The van der Waals surface area contributed by atoms with Crippen LogP contribution in [0, 0.1) is 33.8 Å². The van der Waals surface area contributed by atoms with E-state index in [1.54, 1.807) is 65.3 Å². The van der Waals surface area contributed by atoms with E-state index < -0.39 is 113 Å². The molecule has 0 bridgehead atoms. The predicted octanol–water partition coefficient (Wildman–Crippen LogP) is 3.99. The first-order valence-corrected chi connectivity index (χ1v) is 24.4. The minimum atomic E-state index is -2.01. The zero-order valence-electron chi connectivity index (χ0n) is 42.7. The molecule has 0 saturated carbocycles. The van der Waals surface area contributed by atoms with E-state index in [0.29, 0.717) is 32.4 Å². The molecule has 0 spiro atoms. The highest BCUT2D eigenvalue weighted by atomic mass is 16.7. The summed E-state index contributed by atoms with van der Waals surface area (Å²) in [7, 11) is 4.91. The highest BCUT2D eigenvalue weighted by Gasteiger charge is 2.54. The van der Waals surface area contributed by atoms with Crippen LogP contribution in [-0.4, -0.2) is 169 Å². The molecular weight excluding hydrogens is 899 g/mol. The fraction of sp³-hybridized carbons (Fsp3) is 0.796. The van der Waals surface area contributed by atoms with E-state index in [9.17, 15) is 40.1 Å². The van der Waals surface area contributed by atoms with E-state index in [1.165, 1.54) is 33.3 Å². The van der Waals surface area contributed by atoms with Gasteiger partial charge in [-0.25, -0.2) is 4.68 Å². The quantitative estimate of drug-likeness (QED) is 0.112. The Labute approximate surface area is 406 Å². The number of non-ortho nitro benzene ring substituents is 1. The maximum Gasteiger partial charge on any atom is 0.311 e. The zero-order chi connectivity index (χ0) is 51.3. The number of aliphatic hydroxyl groups is 4. The minimum absolute atomic E-state index is 0.0145. The summed E-state index contributed by atoms with van der Waals surface area (Å²) in [5.74, 6) is -4.77. The Kier molecular flexibility index (Phi) is 19.1. The van der Waals surface area contributed by atoms with Crippen LogP contribution >= 0.6 is 0 Å². The third kappa shape index (κ3) is 12.9. The average Bonchev–Trinajstić information content (AvgIpc) is 3.76. The molecule has 2 aromatic rings. The number of ketones is 1. The van der Waals surface area contributed by atoms with E-state index >= 15 is 0 Å². The van der Waals surface area contributed by atoms with Gasteiger partial charge in [0.05, 0.1) is 64.8 Å². The Morgan fingerprint density at radius 3 is 2.19 bits per heavy atom. The van der Waals surface area contributed by atoms with Gasteiger partial charge in [0.25, 0.3) is 5.69 Å². The summed E-state index contributed by atoms with van der Waals surface area (Å²) in [5, 5.41) is 66.3. The molecule has 4 heterocycles. The second-order valence-corrected chi connectivity index (χ2v) is 20.6. The van der Waals surface area contributed by atoms with E-state index in [4.69, 9.17) is 33.2 Å². The number of ether oxygens (including phenoxy) is 7. The Balaban J connectivity index is 1.43. The maximum absolute atomic E-state index is 14.4. The lowest BCUT2D eigenvalue weighted by Crippen LogP contribution is -2.61. The van der Waals surface area contributed by atoms with Gasteiger partial charge in [0.15, 0.2) is 12.6 Å². The van der Waals surface area contributed by atoms with Crippen molar-refractivity contribution in [3.63, 3.8) is 0 Å². The van der Waals surface area contributed by atoms with Crippen LogP contribution in [0.1, 0.15) is 113 Å². The summed E-state index contributed by atoms with van der Waals surface area (Å²) < 4.78 is 46.3. The lowest BCUT2D eigenvalue weighted by molar-refractivity contribution is -0.384. The molecule has 1 aromatic heterocycles. The molecule has 18 atom stereocenters. The first kappa shape index (κ1) is 56.4. The minimum Gasteiger partial charge on any atom is -0.459 e. The Morgan fingerprint density at radius 1 is 0.928 bits per heavy atom. The van der Waals surface area contributed by atoms with Gasteiger partial charge in [0.1, 0.15) is 29.7 Å². The van der Waals surface area contributed by atoms with Crippen molar-refractivity contribution in [2.75, 3.05) is 27.8 Å². The fourth-order valence-corrected chi connectivity index (χ4v) is 10.6. The van der Waals surface area contributed by atoms with Gasteiger partial charge in [-0.1, -0.05) is 45.0 Å². The summed E-state index contributed by atoms with van der Waals surface area (Å²) in [5.41, 5.74) is -2.78. The number of benzene rings is 1. The van der Waals surface area contributed by atoms with Crippen molar-refractivity contribution in [2.45, 2.75) is 199 Å². The predicted molar refractivity (Wildman–Crippen MR) is 251 cm³/mol. The highest BCUT2D eigenvalue weighted by molar-refractivity contribution is 5.83. The van der Waals surface area contributed by atoms with Crippen LogP contribution in [0.5, 0.6) is 0 Å². The van der Waals surface area contributed by atoms with Crippen LogP contribution in [0.3, 0.4) is 0 Å². The van der Waals surface area contributed by atoms with E-state index in [1.807, 2.05) is 27.1 Å². The normalized spacial score (nSPS) is 39.8. The van der Waals surface area contributed by atoms with Gasteiger partial charge in [0.2, 0.25) is 0 Å². The molecular formula is C49H79N5O15. The second-order valence-electron chi connectivity index (χ2n) is 20.6. The first-order valence-electron chi connectivity index (χ1n) is 24.4. The SMILES string of the molecule is CC[C@H]1OC(=O)[C@H](C)[C@@H](O[C@H]2C[C@@](C)(OC)[C@@H](O)[C@H](C)O2)[C@H](C)[C@@H](O[C@@H]2O[C@H](C)C[C@H](N(C)CCCc3cn(Cc4ccc([N+](=O)[O-])cc4)nn3)[C@H]2O)[C@](C)(OC)C[C@@H](C)C(=O)[C@H](C)[C@@H](O)[C@]1(C)O. The number of aryl methyl sites for hydroxylation is 1. The molecule has 0 aliphatic carbocycles. The molecule has 20 nitrogen and oxygen atoms in total. The van der Waals surface area contributed by atoms with Crippen LogP contribution < -0.4 is 0 Å². The summed E-state index contributed by atoms with van der Waals surface area (Å²) >= 11 is 0. The molecule has 3 fully saturated rings. The molecule has 1 aromatic carbocycles. The maximum atomic E-state index is 14.4. The van der Waals surface area contributed by atoms with E-state index in [-0.39, 0.29) is 36.8 Å². The van der Waals surface area contributed by atoms with E-state index in [0.717, 1.165) is 11.3 Å². The molecule has 3 aliphatic heterocycles. The van der Waals surface area contributed by atoms with Crippen LogP contribution in [0.4, 0.5) is 5.69 Å². The van der Waals surface area contributed by atoms with Crippen molar-refractivity contribution in [3.8, 4) is 0 Å². The molecule has 20 heteroatoms. The van der Waals surface area contributed by atoms with Gasteiger partial charge in [-0.15, -0.1) is 5.10 Å². The molecule has 0 radical (unpaired) electrons. The van der Waals surface area contributed by atoms with Gasteiger partial charge < -0.3 is 58.5 Å². The first-order chi connectivity index (χ1) is 32.3. The van der Waals surface area contributed by atoms with Crippen molar-refractivity contribution >= 4 is 17.4 Å². The number of nitrogens with zero attached hydrogens (tertiary/aromatic N) is 5. The van der Waals surface area contributed by atoms with Gasteiger partial charge in [-0.2, -0.15) is 0 Å². The van der Waals surface area contributed by atoms with Crippen molar-refractivity contribution in [1.29, 1.82) is 0 Å². The number of aromatic nitrogens is 3. The number of likely N-dealkylation sites (N-methyl/N-ethyl adjacent to an activating group) is 1. The van der Waals surface area contributed by atoms with Crippen LogP contribution in [-0.2, 0) is 55.7 Å². The van der Waals surface area contributed by atoms with Gasteiger partial charge in [-0.3, -0.25) is 19.7 Å². The number of hydrogen-bond acceptors (Lipinski definition) is 18. The molecule has 3 saturated heterocycles. The number of rotatable bonds is 15. The largest absolute Gasteiger partial charge is 0.459 e. The molecule has 4 N–H and O–H groups in total. The third-order valence-corrected chi connectivity index (χ3v) is 15.2. The molecule has 5 rings (SSSR count). The van der Waals surface area contributed by atoms with Gasteiger partial charge in [0, 0.05) is 62.8 Å². The van der Waals surface area contributed by atoms with Crippen molar-refractivity contribution < 1.29 is 68.1 Å². The lowest BCUT2D eigenvalue weighted by Gasteiger charge is -2.50. The number of cyclic esters (lactones) is 1. The average molecular weight is 978 g/mol. The Morgan fingerprint density at radius 2 is 1.58 bits per heavy atom. The summed E-state index contributed by atoms with van der Waals surface area (Å²) in [6.45, 7) is 17.9. The summed E-state index contributed by atoms with van der Waals surface area (Å²) in [6, 6.07) is 5.87. The molecule has 390 valence electrons. The summed E-state index contributed by atoms with van der Waals surface area (Å²) in [6.07, 6.45) is -6.51. The smallest absolute Gasteiger partial charge is 0.311 e. The topological polar surface area (TPSA) is 257 Å². The zero-order valence-corrected chi connectivity index (χ0v) is 42.7. The molecule has 69 heavy (non-hydrogen) atoms. The third-order valence-electron chi connectivity index (χ3n) is 15.2. The van der Waals surface area contributed by atoms with Crippen LogP contribution in [0.2, 0.25) is 0 Å². The lowest BCUT2D eigenvalue weighted by atomic mass is 9.74. The molecule has 0 unspecified atom stereocenters. The number of carbonyl (C=O) groups is 2. The summed E-state index contributed by atoms with van der Waals surface area (Å²) in [4.78, 5) is 41.3. The Bertz CT molecular complexity index is 2010. The number of methoxy groups -OCH3 is 2. The number of esters is 1. The molecule has 3 aliphatic rings. The number of carbonyl (C=O) groups excluding carboxylic acids is 2. The molecule has 0 amide bonds. The highest BCUT2D eigenvalue weighted by Crippen LogP contribution is 2.42. The van der Waals surface area contributed by atoms with Crippen molar-refractivity contribution in [3.05, 3.63) is 51.8 Å². The standard InChI is InChI=1S/C49H79N5O15/c1-14-37-49(10,60)42(57)29(4)39(55)27(2)23-48(9,64-13)44(30(5)41(31(6)45(59)67-37)68-38-24-47(8,63-12)43(58)32(7)66-38)69-46-40(56)36(22-28(3)65-46)52(11)21-15-16-34-26-53(51-50-34)25-33-17-19-35(20-18-33)54(61)62/h17-20,26-32,36-38,40-44,46,56-58,60H,14-16,21-25H2,1-13H3/t27-,28-,29+,30+,31-,32+,36+,37-,38+,40-,41+,42-,43+,44-,46+,47-,48-,49-/m1/s1. The monoisotopic (exact) mass is 978 g/mol. The number of aliphatic hydroxyl groups excluding tert-OH is 3.